The minimum atomic E-state index is -0.407. The quantitative estimate of drug-likeness (QED) is 0.610. The van der Waals surface area contributed by atoms with Gasteiger partial charge in [0.05, 0.1) is 4.92 Å². The molecule has 0 heterocycles. The Morgan fingerprint density at radius 3 is 2.67 bits per heavy atom. The van der Waals surface area contributed by atoms with Crippen LogP contribution in [-0.2, 0) is 6.61 Å². The number of nitro benzene ring substituents is 1. The van der Waals surface area contributed by atoms with E-state index in [-0.39, 0.29) is 5.69 Å². The maximum atomic E-state index is 10.6. The summed E-state index contributed by atoms with van der Waals surface area (Å²) in [6.07, 6.45) is 0. The number of non-ortho nitro benzene ring substituents is 1. The SMILES string of the molecule is Cc1cccc(OCc2cccc([N+](=O)[O-])c2)c1. The van der Waals surface area contributed by atoms with Crippen LogP contribution in [0.3, 0.4) is 0 Å². The summed E-state index contributed by atoms with van der Waals surface area (Å²) >= 11 is 0. The van der Waals surface area contributed by atoms with Crippen LogP contribution in [0, 0.1) is 17.0 Å². The van der Waals surface area contributed by atoms with Crippen molar-refractivity contribution in [2.75, 3.05) is 0 Å². The molecule has 0 aliphatic heterocycles. The number of hydrogen-bond acceptors (Lipinski definition) is 3. The molecule has 0 radical (unpaired) electrons. The second-order valence-corrected chi connectivity index (χ2v) is 4.03. The zero-order valence-electron chi connectivity index (χ0n) is 10.00. The van der Waals surface area contributed by atoms with E-state index in [1.54, 1.807) is 6.07 Å². The standard InChI is InChI=1S/C14H13NO3/c1-11-4-2-7-14(8-11)18-10-12-5-3-6-13(9-12)15(16)17/h2-9H,10H2,1H3. The molecular weight excluding hydrogens is 230 g/mol. The highest BCUT2D eigenvalue weighted by atomic mass is 16.6. The zero-order chi connectivity index (χ0) is 13.0. The molecule has 2 rings (SSSR count). The molecule has 0 aliphatic carbocycles. The van der Waals surface area contributed by atoms with Gasteiger partial charge in [-0.15, -0.1) is 0 Å². The lowest BCUT2D eigenvalue weighted by Crippen LogP contribution is -1.97. The normalized spacial score (nSPS) is 10.1. The molecule has 0 N–H and O–H groups in total. The number of benzene rings is 2. The van der Waals surface area contributed by atoms with Crippen molar-refractivity contribution in [3.8, 4) is 5.75 Å². The molecule has 0 amide bonds. The Morgan fingerprint density at radius 1 is 1.17 bits per heavy atom. The highest BCUT2D eigenvalue weighted by molar-refractivity contribution is 5.34. The van der Waals surface area contributed by atoms with Gasteiger partial charge in [0, 0.05) is 12.1 Å². The van der Waals surface area contributed by atoms with E-state index in [0.29, 0.717) is 6.61 Å². The Hall–Kier alpha value is -2.36. The van der Waals surface area contributed by atoms with Gasteiger partial charge in [-0.3, -0.25) is 10.1 Å². The fourth-order valence-corrected chi connectivity index (χ4v) is 1.63. The lowest BCUT2D eigenvalue weighted by Gasteiger charge is -2.06. The third kappa shape index (κ3) is 3.07. The van der Waals surface area contributed by atoms with Crippen molar-refractivity contribution in [2.45, 2.75) is 13.5 Å². The molecule has 92 valence electrons. The summed E-state index contributed by atoms with van der Waals surface area (Å²) in [6, 6.07) is 14.2. The van der Waals surface area contributed by atoms with Crippen LogP contribution in [0.5, 0.6) is 5.75 Å². The van der Waals surface area contributed by atoms with Crippen molar-refractivity contribution in [2.24, 2.45) is 0 Å². The average Bonchev–Trinajstić information content (AvgIpc) is 2.37. The van der Waals surface area contributed by atoms with Crippen LogP contribution in [0.15, 0.2) is 48.5 Å². The monoisotopic (exact) mass is 243 g/mol. The number of rotatable bonds is 4. The van der Waals surface area contributed by atoms with Crippen LogP contribution >= 0.6 is 0 Å². The minimum Gasteiger partial charge on any atom is -0.489 e. The highest BCUT2D eigenvalue weighted by Gasteiger charge is 2.05. The van der Waals surface area contributed by atoms with Gasteiger partial charge in [-0.1, -0.05) is 24.3 Å². The van der Waals surface area contributed by atoms with E-state index in [1.807, 2.05) is 37.3 Å². The summed E-state index contributed by atoms with van der Waals surface area (Å²) in [5, 5.41) is 10.6. The molecule has 0 aromatic heterocycles. The third-order valence-electron chi connectivity index (χ3n) is 2.52. The number of ether oxygens (including phenoxy) is 1. The molecule has 18 heavy (non-hydrogen) atoms. The average molecular weight is 243 g/mol. The molecule has 0 aliphatic rings. The van der Waals surface area contributed by atoms with Gasteiger partial charge in [-0.25, -0.2) is 0 Å². The predicted molar refractivity (Wildman–Crippen MR) is 68.6 cm³/mol. The topological polar surface area (TPSA) is 52.4 Å². The molecule has 0 saturated heterocycles. The first kappa shape index (κ1) is 12.1. The van der Waals surface area contributed by atoms with Crippen molar-refractivity contribution < 1.29 is 9.66 Å². The number of nitrogens with zero attached hydrogens (tertiary/aromatic N) is 1. The van der Waals surface area contributed by atoms with E-state index >= 15 is 0 Å². The van der Waals surface area contributed by atoms with Crippen LogP contribution in [0.4, 0.5) is 5.69 Å². The van der Waals surface area contributed by atoms with Gasteiger partial charge in [-0.2, -0.15) is 0 Å². The van der Waals surface area contributed by atoms with Crippen molar-refractivity contribution in [1.29, 1.82) is 0 Å². The van der Waals surface area contributed by atoms with Crippen LogP contribution in [0.2, 0.25) is 0 Å². The Kier molecular flexibility index (Phi) is 3.57. The predicted octanol–water partition coefficient (Wildman–Crippen LogP) is 3.48. The largest absolute Gasteiger partial charge is 0.489 e. The smallest absolute Gasteiger partial charge is 0.269 e. The molecule has 0 atom stereocenters. The van der Waals surface area contributed by atoms with Gasteiger partial charge >= 0.3 is 0 Å². The second kappa shape index (κ2) is 5.31. The van der Waals surface area contributed by atoms with Crippen molar-refractivity contribution in [3.05, 3.63) is 69.8 Å². The maximum absolute atomic E-state index is 10.6. The van der Waals surface area contributed by atoms with Crippen LogP contribution < -0.4 is 4.74 Å². The minimum absolute atomic E-state index is 0.0837. The maximum Gasteiger partial charge on any atom is 0.269 e. The van der Waals surface area contributed by atoms with Crippen LogP contribution in [-0.4, -0.2) is 4.92 Å². The first-order valence-electron chi connectivity index (χ1n) is 5.58. The molecule has 4 heteroatoms. The number of hydrogen-bond donors (Lipinski definition) is 0. The fourth-order valence-electron chi connectivity index (χ4n) is 1.63. The lowest BCUT2D eigenvalue weighted by atomic mass is 10.2. The first-order valence-corrected chi connectivity index (χ1v) is 5.58. The first-order chi connectivity index (χ1) is 8.65. The van der Waals surface area contributed by atoms with E-state index in [1.165, 1.54) is 12.1 Å². The molecule has 0 bridgehead atoms. The number of nitro groups is 1. The molecule has 0 unspecified atom stereocenters. The van der Waals surface area contributed by atoms with Gasteiger partial charge in [0.25, 0.3) is 5.69 Å². The van der Waals surface area contributed by atoms with Gasteiger partial charge in [0.1, 0.15) is 12.4 Å². The molecule has 0 spiro atoms. The Morgan fingerprint density at radius 2 is 1.94 bits per heavy atom. The van der Waals surface area contributed by atoms with Crippen molar-refractivity contribution in [3.63, 3.8) is 0 Å². The Balaban J connectivity index is 2.06. The highest BCUT2D eigenvalue weighted by Crippen LogP contribution is 2.17. The summed E-state index contributed by atoms with van der Waals surface area (Å²) in [4.78, 5) is 10.2. The summed E-state index contributed by atoms with van der Waals surface area (Å²) in [5.41, 5.74) is 1.98. The summed E-state index contributed by atoms with van der Waals surface area (Å²) in [7, 11) is 0. The fraction of sp³-hybridized carbons (Fsp3) is 0.143. The van der Waals surface area contributed by atoms with E-state index in [9.17, 15) is 10.1 Å². The zero-order valence-corrected chi connectivity index (χ0v) is 10.00. The lowest BCUT2D eigenvalue weighted by molar-refractivity contribution is -0.384. The molecule has 0 fully saturated rings. The van der Waals surface area contributed by atoms with Crippen LogP contribution in [0.25, 0.3) is 0 Å². The van der Waals surface area contributed by atoms with Gasteiger partial charge in [-0.05, 0) is 30.2 Å². The van der Waals surface area contributed by atoms with E-state index < -0.39 is 4.92 Å². The molecule has 0 saturated carbocycles. The van der Waals surface area contributed by atoms with Crippen molar-refractivity contribution in [1.82, 2.24) is 0 Å². The second-order valence-electron chi connectivity index (χ2n) is 4.03. The Labute approximate surface area is 105 Å². The number of aryl methyl sites for hydroxylation is 1. The molecule has 2 aromatic carbocycles. The van der Waals surface area contributed by atoms with Crippen molar-refractivity contribution >= 4 is 5.69 Å². The van der Waals surface area contributed by atoms with Gasteiger partial charge < -0.3 is 4.74 Å². The Bertz CT molecular complexity index is 566. The third-order valence-corrected chi connectivity index (χ3v) is 2.52. The summed E-state index contributed by atoms with van der Waals surface area (Å²) in [6.45, 7) is 2.31. The summed E-state index contributed by atoms with van der Waals surface area (Å²) in [5.74, 6) is 0.765. The van der Waals surface area contributed by atoms with Crippen LogP contribution in [0.1, 0.15) is 11.1 Å². The van der Waals surface area contributed by atoms with Gasteiger partial charge in [0.15, 0.2) is 0 Å². The van der Waals surface area contributed by atoms with E-state index in [4.69, 9.17) is 4.74 Å². The molecule has 2 aromatic rings. The van der Waals surface area contributed by atoms with Gasteiger partial charge in [0.2, 0.25) is 0 Å². The summed E-state index contributed by atoms with van der Waals surface area (Å²) < 4.78 is 5.59. The van der Waals surface area contributed by atoms with E-state index in [2.05, 4.69) is 0 Å². The van der Waals surface area contributed by atoms with E-state index in [0.717, 1.165) is 16.9 Å². The molecular formula is C14H13NO3. The molecule has 4 nitrogen and oxygen atoms in total.